The van der Waals surface area contributed by atoms with E-state index in [9.17, 15) is 30.3 Å². The third-order valence-corrected chi connectivity index (χ3v) is 13.6. The minimum Gasteiger partial charge on any atom is -0.481 e. The van der Waals surface area contributed by atoms with Crippen molar-refractivity contribution in [3.8, 4) is 0 Å². The average molecular weight is 505 g/mol. The Morgan fingerprint density at radius 2 is 1.64 bits per heavy atom. The number of carboxylic acid groups (broad SMARTS) is 1. The van der Waals surface area contributed by atoms with Gasteiger partial charge < -0.3 is 25.5 Å². The molecule has 204 valence electrons. The standard InChI is InChI=1S/C30H48O6/c1-17-18(25(35)36)14-23(34)30(16-32)13-12-28(4)19(24(17)30)6-7-21-26(2)10-9-22(33)27(3,15-31)20(26)8-11-29(21,28)5/h6,17-18,20-24,31-34H,7-16H2,1-5H3,(H,35,36)/t17-,18+,20+,21+,22-,23-,24-,26-,27+,28+,29+,30+/m0/s1. The van der Waals surface area contributed by atoms with Gasteiger partial charge in [0, 0.05) is 10.8 Å². The molecule has 5 aliphatic rings. The first-order chi connectivity index (χ1) is 16.8. The molecule has 4 fully saturated rings. The molecule has 0 bridgehead atoms. The highest BCUT2D eigenvalue weighted by Crippen LogP contribution is 2.75. The molecule has 36 heavy (non-hydrogen) atoms. The van der Waals surface area contributed by atoms with Gasteiger partial charge in [0.1, 0.15) is 0 Å². The van der Waals surface area contributed by atoms with E-state index in [1.54, 1.807) is 0 Å². The summed E-state index contributed by atoms with van der Waals surface area (Å²) in [5, 5.41) is 53.3. The molecule has 0 amide bonds. The SMILES string of the molecule is C[C@@H]1[C@H]2C3=CC[C@@H]4[C@@]5(C)CC[C@H](O)[C@](C)(CO)[C@@H]5CC[C@@]4(C)[C@]3(C)CC[C@@]2(CO)[C@@H](O)C[C@H]1C(=O)O. The maximum absolute atomic E-state index is 12.2. The van der Waals surface area contributed by atoms with Crippen LogP contribution in [0.4, 0.5) is 0 Å². The van der Waals surface area contributed by atoms with Crippen molar-refractivity contribution < 1.29 is 30.3 Å². The number of rotatable bonds is 3. The first kappa shape index (κ1) is 26.6. The zero-order chi connectivity index (χ0) is 26.5. The van der Waals surface area contributed by atoms with Crippen LogP contribution in [0.3, 0.4) is 0 Å². The number of hydrogen-bond donors (Lipinski definition) is 5. The Balaban J connectivity index is 1.61. The number of carbonyl (C=O) groups is 1. The number of aliphatic hydroxyl groups excluding tert-OH is 4. The van der Waals surface area contributed by atoms with Crippen LogP contribution in [0.1, 0.15) is 86.0 Å². The van der Waals surface area contributed by atoms with Crippen LogP contribution in [0, 0.1) is 56.7 Å². The zero-order valence-electron chi connectivity index (χ0n) is 22.8. The lowest BCUT2D eigenvalue weighted by atomic mass is 9.33. The molecule has 0 heterocycles. The van der Waals surface area contributed by atoms with Crippen LogP contribution in [0.2, 0.25) is 0 Å². The number of hydrogen-bond acceptors (Lipinski definition) is 5. The van der Waals surface area contributed by atoms with Crippen LogP contribution in [-0.4, -0.2) is 56.9 Å². The molecular weight excluding hydrogens is 456 g/mol. The number of aliphatic hydroxyl groups is 4. The summed E-state index contributed by atoms with van der Waals surface area (Å²) in [7, 11) is 0. The molecular formula is C30H48O6. The maximum atomic E-state index is 12.2. The fourth-order valence-electron chi connectivity index (χ4n) is 11.1. The van der Waals surface area contributed by atoms with E-state index in [1.807, 2.05) is 6.92 Å². The van der Waals surface area contributed by atoms with E-state index in [2.05, 4.69) is 33.8 Å². The largest absolute Gasteiger partial charge is 0.481 e. The van der Waals surface area contributed by atoms with Gasteiger partial charge in [0.2, 0.25) is 0 Å². The van der Waals surface area contributed by atoms with E-state index in [-0.39, 0.29) is 53.6 Å². The Morgan fingerprint density at radius 3 is 2.25 bits per heavy atom. The van der Waals surface area contributed by atoms with Crippen molar-refractivity contribution in [2.45, 2.75) is 98.2 Å². The van der Waals surface area contributed by atoms with Gasteiger partial charge in [0.25, 0.3) is 0 Å². The van der Waals surface area contributed by atoms with Gasteiger partial charge in [-0.1, -0.05) is 46.3 Å². The summed E-state index contributed by atoms with van der Waals surface area (Å²) >= 11 is 0. The van der Waals surface area contributed by atoms with Gasteiger partial charge in [-0.05, 0) is 91.3 Å². The molecule has 6 heteroatoms. The van der Waals surface area contributed by atoms with Crippen LogP contribution in [0.15, 0.2) is 11.6 Å². The highest BCUT2D eigenvalue weighted by atomic mass is 16.4. The molecule has 6 nitrogen and oxygen atoms in total. The van der Waals surface area contributed by atoms with Crippen molar-refractivity contribution in [3.05, 3.63) is 11.6 Å². The summed E-state index contributed by atoms with van der Waals surface area (Å²) in [6, 6.07) is 0. The molecule has 0 aromatic heterocycles. The Bertz CT molecular complexity index is 948. The second-order valence-electron chi connectivity index (χ2n) is 14.4. The highest BCUT2D eigenvalue weighted by molar-refractivity contribution is 5.71. The average Bonchev–Trinajstić information content (AvgIpc) is 2.83. The van der Waals surface area contributed by atoms with Gasteiger partial charge in [0.15, 0.2) is 0 Å². The van der Waals surface area contributed by atoms with E-state index in [0.29, 0.717) is 18.8 Å². The van der Waals surface area contributed by atoms with E-state index in [1.165, 1.54) is 5.57 Å². The summed E-state index contributed by atoms with van der Waals surface area (Å²) in [5.41, 5.74) is -0.0417. The van der Waals surface area contributed by atoms with Gasteiger partial charge in [-0.15, -0.1) is 0 Å². The van der Waals surface area contributed by atoms with Crippen molar-refractivity contribution in [3.63, 3.8) is 0 Å². The molecule has 4 saturated carbocycles. The Labute approximate surface area is 216 Å². The Morgan fingerprint density at radius 1 is 0.944 bits per heavy atom. The maximum Gasteiger partial charge on any atom is 0.306 e. The third kappa shape index (κ3) is 3.02. The number of carboxylic acids is 1. The van der Waals surface area contributed by atoms with Crippen molar-refractivity contribution in [1.29, 1.82) is 0 Å². The molecule has 12 atom stereocenters. The van der Waals surface area contributed by atoms with Gasteiger partial charge >= 0.3 is 5.97 Å². The number of allylic oxidation sites excluding steroid dienone is 2. The lowest BCUT2D eigenvalue weighted by molar-refractivity contribution is -0.223. The smallest absolute Gasteiger partial charge is 0.306 e. The van der Waals surface area contributed by atoms with Crippen molar-refractivity contribution in [2.75, 3.05) is 13.2 Å². The van der Waals surface area contributed by atoms with E-state index < -0.39 is 34.9 Å². The highest BCUT2D eigenvalue weighted by Gasteiger charge is 2.70. The predicted molar refractivity (Wildman–Crippen MR) is 137 cm³/mol. The topological polar surface area (TPSA) is 118 Å². The minimum atomic E-state index is -0.849. The first-order valence-electron chi connectivity index (χ1n) is 14.3. The summed E-state index contributed by atoms with van der Waals surface area (Å²) in [6.45, 7) is 11.2. The van der Waals surface area contributed by atoms with Crippen LogP contribution >= 0.6 is 0 Å². The zero-order valence-corrected chi connectivity index (χ0v) is 22.8. The third-order valence-electron chi connectivity index (χ3n) is 13.6. The summed E-state index contributed by atoms with van der Waals surface area (Å²) < 4.78 is 0. The molecule has 5 rings (SSSR count). The van der Waals surface area contributed by atoms with Crippen molar-refractivity contribution in [2.24, 2.45) is 56.7 Å². The molecule has 0 aromatic rings. The molecule has 5 aliphatic carbocycles. The fraction of sp³-hybridized carbons (Fsp3) is 0.900. The summed E-state index contributed by atoms with van der Waals surface area (Å²) in [5.74, 6) is -1.11. The normalized spacial score (nSPS) is 56.5. The quantitative estimate of drug-likeness (QED) is 0.371. The van der Waals surface area contributed by atoms with Crippen LogP contribution in [0.25, 0.3) is 0 Å². The van der Waals surface area contributed by atoms with Crippen LogP contribution < -0.4 is 0 Å². The van der Waals surface area contributed by atoms with E-state index in [4.69, 9.17) is 0 Å². The lowest BCUT2D eigenvalue weighted by Gasteiger charge is -2.72. The van der Waals surface area contributed by atoms with Gasteiger partial charge in [-0.3, -0.25) is 4.79 Å². The number of aliphatic carboxylic acids is 1. The fourth-order valence-corrected chi connectivity index (χ4v) is 11.1. The Hall–Kier alpha value is -0.950. The molecule has 0 spiro atoms. The molecule has 0 unspecified atom stereocenters. The van der Waals surface area contributed by atoms with Crippen molar-refractivity contribution >= 4 is 5.97 Å². The van der Waals surface area contributed by atoms with Gasteiger partial charge in [-0.25, -0.2) is 0 Å². The molecule has 5 N–H and O–H groups in total. The molecule has 0 aromatic carbocycles. The number of fused-ring (bicyclic) bond motifs is 7. The lowest BCUT2D eigenvalue weighted by Crippen LogP contribution is -2.67. The monoisotopic (exact) mass is 504 g/mol. The van der Waals surface area contributed by atoms with Gasteiger partial charge in [0.05, 0.1) is 31.3 Å². The second-order valence-corrected chi connectivity index (χ2v) is 14.4. The molecule has 0 saturated heterocycles. The predicted octanol–water partition coefficient (Wildman–Crippen LogP) is 4.01. The molecule has 0 radical (unpaired) electrons. The minimum absolute atomic E-state index is 0.00155. The van der Waals surface area contributed by atoms with Crippen molar-refractivity contribution in [1.82, 2.24) is 0 Å². The summed E-state index contributed by atoms with van der Waals surface area (Å²) in [4.78, 5) is 12.2. The second kappa shape index (κ2) is 8.27. The van der Waals surface area contributed by atoms with E-state index in [0.717, 1.165) is 32.1 Å². The van der Waals surface area contributed by atoms with Gasteiger partial charge in [-0.2, -0.15) is 0 Å². The van der Waals surface area contributed by atoms with Crippen LogP contribution in [-0.2, 0) is 4.79 Å². The Kier molecular flexibility index (Phi) is 6.12. The van der Waals surface area contributed by atoms with E-state index >= 15 is 0 Å². The molecule has 0 aliphatic heterocycles. The van der Waals surface area contributed by atoms with Crippen LogP contribution in [0.5, 0.6) is 0 Å². The summed E-state index contributed by atoms with van der Waals surface area (Å²) in [6.07, 6.45) is 7.40. The first-order valence-corrected chi connectivity index (χ1v) is 14.3.